The lowest BCUT2D eigenvalue weighted by Crippen LogP contribution is -2.32. The van der Waals surface area contributed by atoms with E-state index >= 15 is 0 Å². The summed E-state index contributed by atoms with van der Waals surface area (Å²) in [6.45, 7) is 1.20. The monoisotopic (exact) mass is 476 g/mol. The van der Waals surface area contributed by atoms with Gasteiger partial charge in [0.15, 0.2) is 0 Å². The highest BCUT2D eigenvalue weighted by Gasteiger charge is 2.45. The lowest BCUT2D eigenvalue weighted by molar-refractivity contribution is -0.139. The fraction of sp³-hybridized carbons (Fsp3) is 0.273. The van der Waals surface area contributed by atoms with Gasteiger partial charge < -0.3 is 14.9 Å². The summed E-state index contributed by atoms with van der Waals surface area (Å²) < 4.78 is 0.834. The van der Waals surface area contributed by atoms with Crippen molar-refractivity contribution in [2.24, 2.45) is 0 Å². The molecule has 2 aromatic rings. The Morgan fingerprint density at radius 1 is 1.17 bits per heavy atom. The van der Waals surface area contributed by atoms with Crippen LogP contribution in [0.15, 0.2) is 58.6 Å². The van der Waals surface area contributed by atoms with Crippen molar-refractivity contribution in [2.75, 3.05) is 27.2 Å². The van der Waals surface area contributed by atoms with E-state index in [1.165, 1.54) is 0 Å². The van der Waals surface area contributed by atoms with Gasteiger partial charge in [-0.2, -0.15) is 0 Å². The van der Waals surface area contributed by atoms with Crippen LogP contribution in [0.3, 0.4) is 0 Å². The van der Waals surface area contributed by atoms with Crippen LogP contribution in [0.2, 0.25) is 5.02 Å². The molecule has 0 unspecified atom stereocenters. The van der Waals surface area contributed by atoms with Crippen LogP contribution in [0.5, 0.6) is 0 Å². The number of nitrogens with zero attached hydrogens (tertiary/aromatic N) is 2. The van der Waals surface area contributed by atoms with Gasteiger partial charge in [-0.3, -0.25) is 9.59 Å². The van der Waals surface area contributed by atoms with Gasteiger partial charge in [0.2, 0.25) is 0 Å². The molecule has 0 radical (unpaired) electrons. The minimum atomic E-state index is -0.674. The van der Waals surface area contributed by atoms with Crippen LogP contribution in [-0.4, -0.2) is 53.8 Å². The minimum absolute atomic E-state index is 0.0975. The number of halogens is 2. The molecule has 29 heavy (non-hydrogen) atoms. The molecular weight excluding hydrogens is 456 g/mol. The van der Waals surface area contributed by atoms with Crippen molar-refractivity contribution in [3.63, 3.8) is 0 Å². The summed E-state index contributed by atoms with van der Waals surface area (Å²) in [6, 6.07) is 13.3. The molecule has 3 rings (SSSR count). The number of benzene rings is 2. The normalized spacial score (nSPS) is 18.7. The maximum absolute atomic E-state index is 12.9. The summed E-state index contributed by atoms with van der Waals surface area (Å²) in [5.74, 6) is -1.46. The largest absolute Gasteiger partial charge is 0.507 e. The Morgan fingerprint density at radius 2 is 1.86 bits per heavy atom. The first-order chi connectivity index (χ1) is 13.8. The SMILES string of the molecule is CN(C)CCCN1C(=O)C(=O)/C(=C(/O)c2ccc(Cl)cc2)[C@@H]1c1cccc(Br)c1. The number of ketones is 1. The average molecular weight is 478 g/mol. The van der Waals surface area contributed by atoms with E-state index in [1.54, 1.807) is 29.2 Å². The summed E-state index contributed by atoms with van der Waals surface area (Å²) in [5, 5.41) is 11.5. The van der Waals surface area contributed by atoms with E-state index < -0.39 is 17.7 Å². The first kappa shape index (κ1) is 21.6. The number of carbonyl (C=O) groups is 2. The standard InChI is InChI=1S/C22H22BrClN2O3/c1-25(2)11-4-12-26-19(15-5-3-6-16(23)13-15)18(21(28)22(26)29)20(27)14-7-9-17(24)10-8-14/h3,5-10,13,19,27H,4,11-12H2,1-2H3/b20-18+/t19-/m0/s1. The predicted octanol–water partition coefficient (Wildman–Crippen LogP) is 4.48. The van der Waals surface area contributed by atoms with Crippen molar-refractivity contribution in [3.05, 3.63) is 74.7 Å². The zero-order valence-electron chi connectivity index (χ0n) is 16.2. The summed E-state index contributed by atoms with van der Waals surface area (Å²) in [4.78, 5) is 29.3. The molecule has 1 heterocycles. The molecule has 152 valence electrons. The number of hydrogen-bond donors (Lipinski definition) is 1. The lowest BCUT2D eigenvalue weighted by atomic mass is 9.95. The summed E-state index contributed by atoms with van der Waals surface area (Å²) in [6.07, 6.45) is 0.714. The number of aliphatic hydroxyl groups excluding tert-OH is 1. The maximum atomic E-state index is 12.9. The maximum Gasteiger partial charge on any atom is 0.295 e. The number of hydrogen-bond acceptors (Lipinski definition) is 4. The lowest BCUT2D eigenvalue weighted by Gasteiger charge is -2.26. The third-order valence-corrected chi connectivity index (χ3v) is 5.57. The molecule has 5 nitrogen and oxygen atoms in total. The van der Waals surface area contributed by atoms with Crippen LogP contribution < -0.4 is 0 Å². The molecule has 2 aromatic carbocycles. The second-order valence-electron chi connectivity index (χ2n) is 7.21. The molecule has 1 saturated heterocycles. The Bertz CT molecular complexity index is 957. The Balaban J connectivity index is 2.09. The van der Waals surface area contributed by atoms with E-state index in [0.717, 1.165) is 16.6 Å². The first-order valence-corrected chi connectivity index (χ1v) is 10.4. The summed E-state index contributed by atoms with van der Waals surface area (Å²) in [7, 11) is 3.92. The van der Waals surface area contributed by atoms with Gasteiger partial charge in [-0.15, -0.1) is 0 Å². The third-order valence-electron chi connectivity index (χ3n) is 4.83. The van der Waals surface area contributed by atoms with Crippen molar-refractivity contribution in [3.8, 4) is 0 Å². The first-order valence-electron chi connectivity index (χ1n) is 9.24. The van der Waals surface area contributed by atoms with Gasteiger partial charge in [-0.05, 0) is 69.0 Å². The molecule has 1 amide bonds. The van der Waals surface area contributed by atoms with Crippen molar-refractivity contribution in [1.29, 1.82) is 0 Å². The van der Waals surface area contributed by atoms with E-state index in [2.05, 4.69) is 15.9 Å². The molecule has 0 saturated carbocycles. The van der Waals surface area contributed by atoms with Crippen LogP contribution in [0.1, 0.15) is 23.6 Å². The van der Waals surface area contributed by atoms with Gasteiger partial charge >= 0.3 is 0 Å². The zero-order chi connectivity index (χ0) is 21.1. The number of amides is 1. The number of likely N-dealkylation sites (tertiary alicyclic amines) is 1. The molecule has 1 atom stereocenters. The molecule has 1 aliphatic heterocycles. The third kappa shape index (κ3) is 4.71. The van der Waals surface area contributed by atoms with Crippen LogP contribution in [0.4, 0.5) is 0 Å². The summed E-state index contributed by atoms with van der Waals surface area (Å²) in [5.41, 5.74) is 1.31. The van der Waals surface area contributed by atoms with E-state index in [-0.39, 0.29) is 11.3 Å². The summed E-state index contributed by atoms with van der Waals surface area (Å²) >= 11 is 9.39. The Hall–Kier alpha value is -2.15. The zero-order valence-corrected chi connectivity index (χ0v) is 18.6. The van der Waals surface area contributed by atoms with Gasteiger partial charge in [0.05, 0.1) is 11.6 Å². The molecule has 1 N–H and O–H groups in total. The average Bonchev–Trinajstić information content (AvgIpc) is 2.93. The van der Waals surface area contributed by atoms with Gasteiger partial charge in [-0.1, -0.05) is 39.7 Å². The smallest absolute Gasteiger partial charge is 0.295 e. The van der Waals surface area contributed by atoms with Crippen molar-refractivity contribution in [2.45, 2.75) is 12.5 Å². The Labute approximate surface area is 183 Å². The highest BCUT2D eigenvalue weighted by Crippen LogP contribution is 2.40. The van der Waals surface area contributed by atoms with Gasteiger partial charge in [-0.25, -0.2) is 0 Å². The molecule has 0 aromatic heterocycles. The molecular formula is C22H22BrClN2O3. The van der Waals surface area contributed by atoms with E-state index in [1.807, 2.05) is 43.3 Å². The number of carbonyl (C=O) groups excluding carboxylic acids is 2. The molecule has 0 aliphatic carbocycles. The van der Waals surface area contributed by atoms with E-state index in [4.69, 9.17) is 11.6 Å². The minimum Gasteiger partial charge on any atom is -0.507 e. The van der Waals surface area contributed by atoms with Crippen molar-refractivity contribution in [1.82, 2.24) is 9.80 Å². The fourth-order valence-corrected chi connectivity index (χ4v) is 4.00. The van der Waals surface area contributed by atoms with Crippen molar-refractivity contribution >= 4 is 45.0 Å². The molecule has 0 bridgehead atoms. The van der Waals surface area contributed by atoms with Crippen molar-refractivity contribution < 1.29 is 14.7 Å². The second-order valence-corrected chi connectivity index (χ2v) is 8.56. The highest BCUT2D eigenvalue weighted by atomic mass is 79.9. The number of Topliss-reactive ketones (excluding diaryl/α,β-unsaturated/α-hetero) is 1. The predicted molar refractivity (Wildman–Crippen MR) is 118 cm³/mol. The number of rotatable bonds is 6. The molecule has 1 fully saturated rings. The molecule has 1 aliphatic rings. The molecule has 0 spiro atoms. The Morgan fingerprint density at radius 3 is 2.48 bits per heavy atom. The van der Waals surface area contributed by atoms with E-state index in [0.29, 0.717) is 23.6 Å². The highest BCUT2D eigenvalue weighted by molar-refractivity contribution is 9.10. The van der Waals surface area contributed by atoms with E-state index in [9.17, 15) is 14.7 Å². The quantitative estimate of drug-likeness (QED) is 0.379. The fourth-order valence-electron chi connectivity index (χ4n) is 3.45. The second kappa shape index (κ2) is 9.11. The van der Waals surface area contributed by atoms with Gasteiger partial charge in [0, 0.05) is 21.6 Å². The van der Waals surface area contributed by atoms with Crippen LogP contribution in [0.25, 0.3) is 5.76 Å². The van der Waals surface area contributed by atoms with Crippen LogP contribution >= 0.6 is 27.5 Å². The van der Waals surface area contributed by atoms with Gasteiger partial charge in [0.1, 0.15) is 5.76 Å². The van der Waals surface area contributed by atoms with Gasteiger partial charge in [0.25, 0.3) is 11.7 Å². The van der Waals surface area contributed by atoms with Crippen LogP contribution in [-0.2, 0) is 9.59 Å². The Kier molecular flexibility index (Phi) is 6.77. The number of aliphatic hydroxyl groups is 1. The molecule has 7 heteroatoms. The topological polar surface area (TPSA) is 60.9 Å². The van der Waals surface area contributed by atoms with Crippen LogP contribution in [0, 0.1) is 0 Å².